The number of hydrogen-bond donors (Lipinski definition) is 0. The first-order valence-corrected chi connectivity index (χ1v) is 9.83. The number of amides is 2. The van der Waals surface area contributed by atoms with Gasteiger partial charge >= 0.3 is 0 Å². The van der Waals surface area contributed by atoms with Crippen LogP contribution in [0.4, 0.5) is 4.79 Å². The summed E-state index contributed by atoms with van der Waals surface area (Å²) in [6.45, 7) is 0.176. The maximum atomic E-state index is 12.7. The van der Waals surface area contributed by atoms with E-state index in [2.05, 4.69) is 15.9 Å². The van der Waals surface area contributed by atoms with Gasteiger partial charge in [-0.05, 0) is 53.2 Å². The summed E-state index contributed by atoms with van der Waals surface area (Å²) in [5.41, 5.74) is 1.50. The fraction of sp³-hybridized carbons (Fsp3) is 0.158. The first-order chi connectivity index (χ1) is 12.9. The van der Waals surface area contributed by atoms with Crippen molar-refractivity contribution in [3.8, 4) is 11.5 Å². The molecule has 0 unspecified atom stereocenters. The first kappa shape index (κ1) is 19.8. The minimum Gasteiger partial charge on any atom is -0.493 e. The third-order valence-electron chi connectivity index (χ3n) is 3.89. The molecule has 0 saturated carbocycles. The lowest BCUT2D eigenvalue weighted by atomic mass is 10.1. The van der Waals surface area contributed by atoms with Crippen molar-refractivity contribution in [2.24, 2.45) is 0 Å². The van der Waals surface area contributed by atoms with E-state index in [1.165, 1.54) is 12.0 Å². The molecule has 8 heteroatoms. The Morgan fingerprint density at radius 2 is 1.85 bits per heavy atom. The van der Waals surface area contributed by atoms with Crippen LogP contribution >= 0.6 is 39.3 Å². The molecule has 2 amide bonds. The van der Waals surface area contributed by atoms with Crippen molar-refractivity contribution in [3.05, 3.63) is 61.9 Å². The quantitative estimate of drug-likeness (QED) is 0.553. The Balaban J connectivity index is 1.88. The van der Waals surface area contributed by atoms with Gasteiger partial charge < -0.3 is 9.47 Å². The van der Waals surface area contributed by atoms with E-state index in [1.54, 1.807) is 43.5 Å². The molecule has 0 aromatic heterocycles. The molecule has 0 aliphatic carbocycles. The fourth-order valence-electron chi connectivity index (χ4n) is 2.58. The number of ether oxygens (including phenoxy) is 2. The molecule has 3 rings (SSSR count). The van der Waals surface area contributed by atoms with Gasteiger partial charge in [0, 0.05) is 9.50 Å². The zero-order valence-corrected chi connectivity index (χ0v) is 17.7. The number of nitrogens with zero attached hydrogens (tertiary/aromatic N) is 1. The van der Waals surface area contributed by atoms with E-state index in [0.29, 0.717) is 27.0 Å². The fourth-order valence-corrected chi connectivity index (χ4v) is 4.05. The molecule has 0 atom stereocenters. The highest BCUT2D eigenvalue weighted by Crippen LogP contribution is 2.38. The molecule has 1 heterocycles. The second-order valence-corrected chi connectivity index (χ2v) is 7.91. The first-order valence-electron chi connectivity index (χ1n) is 7.84. The van der Waals surface area contributed by atoms with Gasteiger partial charge in [0.1, 0.15) is 0 Å². The Morgan fingerprint density at radius 1 is 1.15 bits per heavy atom. The van der Waals surface area contributed by atoms with Crippen LogP contribution in [0, 0.1) is 0 Å². The van der Waals surface area contributed by atoms with Crippen LogP contribution in [0.25, 0.3) is 6.08 Å². The van der Waals surface area contributed by atoms with Gasteiger partial charge in [0.15, 0.2) is 11.5 Å². The van der Waals surface area contributed by atoms with Crippen molar-refractivity contribution in [1.82, 2.24) is 4.90 Å². The van der Waals surface area contributed by atoms with Crippen LogP contribution in [0.5, 0.6) is 11.5 Å². The van der Waals surface area contributed by atoms with Gasteiger partial charge in [-0.15, -0.1) is 0 Å². The minimum atomic E-state index is -0.341. The normalized spacial score (nSPS) is 15.6. The molecule has 1 aliphatic rings. The van der Waals surface area contributed by atoms with Crippen LogP contribution in [0.15, 0.2) is 45.8 Å². The van der Waals surface area contributed by atoms with Gasteiger partial charge in [-0.3, -0.25) is 14.5 Å². The average Bonchev–Trinajstić information content (AvgIpc) is 2.90. The summed E-state index contributed by atoms with van der Waals surface area (Å²) in [7, 11) is 3.08. The monoisotopic (exact) mass is 467 g/mol. The second kappa shape index (κ2) is 8.37. The number of rotatable bonds is 5. The Labute approximate surface area is 174 Å². The number of halogens is 2. The number of imide groups is 1. The molecule has 5 nitrogen and oxygen atoms in total. The summed E-state index contributed by atoms with van der Waals surface area (Å²) in [4.78, 5) is 26.6. The smallest absolute Gasteiger partial charge is 0.293 e. The highest BCUT2D eigenvalue weighted by molar-refractivity contribution is 9.10. The summed E-state index contributed by atoms with van der Waals surface area (Å²) in [6, 6.07) is 10.6. The van der Waals surface area contributed by atoms with Crippen molar-refractivity contribution in [2.45, 2.75) is 6.54 Å². The van der Waals surface area contributed by atoms with Gasteiger partial charge in [0.2, 0.25) is 0 Å². The Bertz CT molecular complexity index is 947. The maximum Gasteiger partial charge on any atom is 0.293 e. The van der Waals surface area contributed by atoms with Gasteiger partial charge in [-0.2, -0.15) is 0 Å². The van der Waals surface area contributed by atoms with Gasteiger partial charge in [-0.1, -0.05) is 39.7 Å². The van der Waals surface area contributed by atoms with Crippen molar-refractivity contribution < 1.29 is 19.1 Å². The summed E-state index contributed by atoms with van der Waals surface area (Å²) < 4.78 is 11.3. The Morgan fingerprint density at radius 3 is 2.52 bits per heavy atom. The minimum absolute atomic E-state index is 0.176. The van der Waals surface area contributed by atoms with E-state index in [1.807, 2.05) is 6.07 Å². The number of hydrogen-bond acceptors (Lipinski definition) is 5. The Kier molecular flexibility index (Phi) is 6.14. The predicted octanol–water partition coefficient (Wildman–Crippen LogP) is 5.36. The second-order valence-electron chi connectivity index (χ2n) is 5.63. The predicted molar refractivity (Wildman–Crippen MR) is 110 cm³/mol. The van der Waals surface area contributed by atoms with Crippen LogP contribution in [0.3, 0.4) is 0 Å². The number of thioether (sulfide) groups is 1. The van der Waals surface area contributed by atoms with E-state index in [4.69, 9.17) is 21.1 Å². The van der Waals surface area contributed by atoms with Crippen LogP contribution < -0.4 is 9.47 Å². The topological polar surface area (TPSA) is 55.8 Å². The van der Waals surface area contributed by atoms with Crippen LogP contribution in [-0.2, 0) is 11.3 Å². The molecule has 2 aromatic carbocycles. The maximum absolute atomic E-state index is 12.7. The molecule has 27 heavy (non-hydrogen) atoms. The van der Waals surface area contributed by atoms with Crippen LogP contribution in [-0.4, -0.2) is 30.3 Å². The highest BCUT2D eigenvalue weighted by Gasteiger charge is 2.35. The zero-order valence-electron chi connectivity index (χ0n) is 14.5. The lowest BCUT2D eigenvalue weighted by Crippen LogP contribution is -2.27. The standard InChI is InChI=1S/C19H15BrClNO4S/c1-25-15-7-12(14(20)9-16(15)26-2)8-17-18(23)22(19(24)27-17)10-11-4-3-5-13(21)6-11/h3-9H,10H2,1-2H3/b17-8-. The molecular formula is C19H15BrClNO4S. The van der Waals surface area contributed by atoms with Crippen molar-refractivity contribution in [2.75, 3.05) is 14.2 Å². The van der Waals surface area contributed by atoms with E-state index in [0.717, 1.165) is 21.8 Å². The van der Waals surface area contributed by atoms with Crippen molar-refractivity contribution >= 4 is 56.5 Å². The zero-order chi connectivity index (χ0) is 19.6. The van der Waals surface area contributed by atoms with E-state index < -0.39 is 0 Å². The molecule has 0 bridgehead atoms. The average molecular weight is 469 g/mol. The number of benzene rings is 2. The third-order valence-corrected chi connectivity index (χ3v) is 5.72. The van der Waals surface area contributed by atoms with Crippen LogP contribution in [0.1, 0.15) is 11.1 Å². The number of carbonyl (C=O) groups is 2. The van der Waals surface area contributed by atoms with E-state index >= 15 is 0 Å². The molecule has 0 N–H and O–H groups in total. The van der Waals surface area contributed by atoms with E-state index in [9.17, 15) is 9.59 Å². The molecule has 0 radical (unpaired) electrons. The Hall–Kier alpha value is -1.96. The van der Waals surface area contributed by atoms with Gasteiger partial charge in [0.05, 0.1) is 25.7 Å². The largest absolute Gasteiger partial charge is 0.493 e. The molecule has 1 saturated heterocycles. The molecule has 2 aromatic rings. The lowest BCUT2D eigenvalue weighted by molar-refractivity contribution is -0.123. The summed E-state index contributed by atoms with van der Waals surface area (Å²) in [5, 5.41) is 0.243. The summed E-state index contributed by atoms with van der Waals surface area (Å²) >= 11 is 10.3. The molecule has 1 aliphatic heterocycles. The van der Waals surface area contributed by atoms with E-state index in [-0.39, 0.29) is 17.7 Å². The lowest BCUT2D eigenvalue weighted by Gasteiger charge is -2.12. The molecular weight excluding hydrogens is 454 g/mol. The SMILES string of the molecule is COc1cc(Br)c(/C=C2\SC(=O)N(Cc3cccc(Cl)c3)C2=O)cc1OC. The number of carbonyl (C=O) groups excluding carboxylic acids is 2. The van der Waals surface area contributed by atoms with Gasteiger partial charge in [0.25, 0.3) is 11.1 Å². The molecule has 140 valence electrons. The highest BCUT2D eigenvalue weighted by atomic mass is 79.9. The summed E-state index contributed by atoms with van der Waals surface area (Å²) in [5.74, 6) is 0.757. The van der Waals surface area contributed by atoms with Crippen molar-refractivity contribution in [3.63, 3.8) is 0 Å². The van der Waals surface area contributed by atoms with Crippen molar-refractivity contribution in [1.29, 1.82) is 0 Å². The van der Waals surface area contributed by atoms with Crippen LogP contribution in [0.2, 0.25) is 5.02 Å². The molecule has 0 spiro atoms. The summed E-state index contributed by atoms with van der Waals surface area (Å²) in [6.07, 6.45) is 1.66. The molecule has 1 fully saturated rings. The number of methoxy groups -OCH3 is 2. The van der Waals surface area contributed by atoms with Gasteiger partial charge in [-0.25, -0.2) is 0 Å². The third kappa shape index (κ3) is 4.31.